The Morgan fingerprint density at radius 3 is 2.80 bits per heavy atom. The van der Waals surface area contributed by atoms with Crippen LogP contribution >= 0.6 is 11.3 Å². The van der Waals surface area contributed by atoms with Gasteiger partial charge >= 0.3 is 0 Å². The molecule has 0 spiro atoms. The van der Waals surface area contributed by atoms with Crippen molar-refractivity contribution in [2.75, 3.05) is 6.61 Å². The predicted octanol–water partition coefficient (Wildman–Crippen LogP) is 2.84. The van der Waals surface area contributed by atoms with Crippen molar-refractivity contribution in [2.24, 2.45) is 5.10 Å². The van der Waals surface area contributed by atoms with Gasteiger partial charge in [-0.25, -0.2) is 5.43 Å². The lowest BCUT2D eigenvalue weighted by Crippen LogP contribution is -2.19. The number of carbonyl (C=O) groups excluding carboxylic acids is 1. The number of rotatable bonds is 6. The zero-order valence-electron chi connectivity index (χ0n) is 11.2. The molecular weight excluding hydrogens is 272 g/mol. The number of hydrogen-bond acceptors (Lipinski definition) is 4. The molecule has 0 fully saturated rings. The van der Waals surface area contributed by atoms with Crippen LogP contribution in [0.2, 0.25) is 0 Å². The van der Waals surface area contributed by atoms with E-state index >= 15 is 0 Å². The van der Waals surface area contributed by atoms with Crippen LogP contribution in [0, 0.1) is 0 Å². The summed E-state index contributed by atoms with van der Waals surface area (Å²) < 4.78 is 5.35. The summed E-state index contributed by atoms with van der Waals surface area (Å²) in [7, 11) is 0. The molecule has 4 nitrogen and oxygen atoms in total. The van der Waals surface area contributed by atoms with Crippen molar-refractivity contribution < 1.29 is 9.53 Å². The average Bonchev–Trinajstić information content (AvgIpc) is 2.94. The van der Waals surface area contributed by atoms with Crippen LogP contribution in [0.5, 0.6) is 5.75 Å². The summed E-state index contributed by atoms with van der Waals surface area (Å²) in [6, 6.07) is 11.4. The highest BCUT2D eigenvalue weighted by Gasteiger charge is 2.02. The van der Waals surface area contributed by atoms with E-state index in [1.165, 1.54) is 0 Å². The molecular formula is C15H16N2O2S. The molecule has 1 heterocycles. The Morgan fingerprint density at radius 1 is 1.35 bits per heavy atom. The number of hydrazone groups is 1. The van der Waals surface area contributed by atoms with Gasteiger partial charge in [-0.15, -0.1) is 11.3 Å². The first-order valence-corrected chi connectivity index (χ1v) is 7.23. The van der Waals surface area contributed by atoms with E-state index in [1.54, 1.807) is 17.6 Å². The van der Waals surface area contributed by atoms with Crippen LogP contribution in [-0.4, -0.2) is 18.7 Å². The number of thiophene rings is 1. The molecule has 0 unspecified atom stereocenters. The SMILES string of the molecule is CCOc1ccc(/C=N\NC(=O)Cc2cccs2)cc1. The van der Waals surface area contributed by atoms with Crippen LogP contribution in [0.1, 0.15) is 17.4 Å². The van der Waals surface area contributed by atoms with Crippen molar-refractivity contribution in [1.82, 2.24) is 5.43 Å². The Kier molecular flexibility index (Phi) is 5.32. The number of amides is 1. The predicted molar refractivity (Wildman–Crippen MR) is 81.4 cm³/mol. The normalized spacial score (nSPS) is 10.7. The molecule has 20 heavy (non-hydrogen) atoms. The standard InChI is InChI=1S/C15H16N2O2S/c1-2-19-13-7-5-12(6-8-13)11-16-17-15(18)10-14-4-3-9-20-14/h3-9,11H,2,10H2,1H3,(H,17,18)/b16-11-. The maximum Gasteiger partial charge on any atom is 0.245 e. The molecule has 1 N–H and O–H groups in total. The number of nitrogens with zero attached hydrogens (tertiary/aromatic N) is 1. The molecule has 0 aliphatic heterocycles. The second-order valence-corrected chi connectivity index (χ2v) is 5.08. The zero-order valence-corrected chi connectivity index (χ0v) is 12.0. The Balaban J connectivity index is 1.82. The molecule has 0 aliphatic rings. The molecule has 2 rings (SSSR count). The summed E-state index contributed by atoms with van der Waals surface area (Å²) >= 11 is 1.56. The maximum absolute atomic E-state index is 11.6. The largest absolute Gasteiger partial charge is 0.494 e. The lowest BCUT2D eigenvalue weighted by molar-refractivity contribution is -0.120. The fourth-order valence-electron chi connectivity index (χ4n) is 1.61. The minimum absolute atomic E-state index is 0.116. The van der Waals surface area contributed by atoms with Gasteiger partial charge in [-0.05, 0) is 48.2 Å². The summed E-state index contributed by atoms with van der Waals surface area (Å²) in [4.78, 5) is 12.6. The van der Waals surface area contributed by atoms with E-state index in [0.29, 0.717) is 13.0 Å². The van der Waals surface area contributed by atoms with E-state index in [0.717, 1.165) is 16.2 Å². The zero-order chi connectivity index (χ0) is 14.2. The molecule has 0 saturated heterocycles. The van der Waals surface area contributed by atoms with E-state index in [1.807, 2.05) is 48.7 Å². The number of carbonyl (C=O) groups is 1. The van der Waals surface area contributed by atoms with Gasteiger partial charge in [0.1, 0.15) is 5.75 Å². The van der Waals surface area contributed by atoms with Crippen molar-refractivity contribution in [1.29, 1.82) is 0 Å². The van der Waals surface area contributed by atoms with Crippen molar-refractivity contribution in [3.8, 4) is 5.75 Å². The summed E-state index contributed by atoms with van der Waals surface area (Å²) in [6.45, 7) is 2.59. The quantitative estimate of drug-likeness (QED) is 0.656. The fraction of sp³-hybridized carbons (Fsp3) is 0.200. The molecule has 0 atom stereocenters. The highest BCUT2D eigenvalue weighted by atomic mass is 32.1. The average molecular weight is 288 g/mol. The van der Waals surface area contributed by atoms with E-state index in [-0.39, 0.29) is 5.91 Å². The molecule has 1 aromatic heterocycles. The molecule has 0 saturated carbocycles. The Bertz CT molecular complexity index is 562. The van der Waals surface area contributed by atoms with Gasteiger partial charge in [0.15, 0.2) is 0 Å². The number of ether oxygens (including phenoxy) is 1. The lowest BCUT2D eigenvalue weighted by atomic mass is 10.2. The molecule has 0 aliphatic carbocycles. The third-order valence-corrected chi connectivity index (χ3v) is 3.39. The van der Waals surface area contributed by atoms with Gasteiger partial charge in [0.05, 0.1) is 19.2 Å². The molecule has 0 bridgehead atoms. The number of nitrogens with one attached hydrogen (secondary N) is 1. The molecule has 1 amide bonds. The Morgan fingerprint density at radius 2 is 2.15 bits per heavy atom. The van der Waals surface area contributed by atoms with Gasteiger partial charge in [0, 0.05) is 4.88 Å². The van der Waals surface area contributed by atoms with Crippen LogP contribution in [0.4, 0.5) is 0 Å². The van der Waals surface area contributed by atoms with Crippen LogP contribution in [0.25, 0.3) is 0 Å². The van der Waals surface area contributed by atoms with Crippen LogP contribution in [-0.2, 0) is 11.2 Å². The highest BCUT2D eigenvalue weighted by molar-refractivity contribution is 7.10. The van der Waals surface area contributed by atoms with Gasteiger partial charge in [0.2, 0.25) is 5.91 Å². The van der Waals surface area contributed by atoms with Crippen LogP contribution in [0.15, 0.2) is 46.9 Å². The third-order valence-electron chi connectivity index (χ3n) is 2.51. The summed E-state index contributed by atoms with van der Waals surface area (Å²) in [5, 5.41) is 5.89. The minimum atomic E-state index is -0.116. The second kappa shape index (κ2) is 7.45. The van der Waals surface area contributed by atoms with E-state index < -0.39 is 0 Å². The lowest BCUT2D eigenvalue weighted by Gasteiger charge is -2.02. The van der Waals surface area contributed by atoms with Gasteiger partial charge in [-0.1, -0.05) is 6.07 Å². The number of benzene rings is 1. The summed E-state index contributed by atoms with van der Waals surface area (Å²) in [6.07, 6.45) is 1.97. The van der Waals surface area contributed by atoms with E-state index in [9.17, 15) is 4.79 Å². The Hall–Kier alpha value is -2.14. The highest BCUT2D eigenvalue weighted by Crippen LogP contribution is 2.11. The first-order valence-electron chi connectivity index (χ1n) is 6.35. The minimum Gasteiger partial charge on any atom is -0.494 e. The van der Waals surface area contributed by atoms with Crippen molar-refractivity contribution in [3.63, 3.8) is 0 Å². The monoisotopic (exact) mass is 288 g/mol. The van der Waals surface area contributed by atoms with Crippen molar-refractivity contribution in [2.45, 2.75) is 13.3 Å². The molecule has 0 radical (unpaired) electrons. The smallest absolute Gasteiger partial charge is 0.245 e. The first kappa shape index (κ1) is 14.3. The van der Waals surface area contributed by atoms with Crippen LogP contribution in [0.3, 0.4) is 0 Å². The van der Waals surface area contributed by atoms with Gasteiger partial charge < -0.3 is 4.74 Å². The van der Waals surface area contributed by atoms with Gasteiger partial charge in [-0.3, -0.25) is 4.79 Å². The van der Waals surface area contributed by atoms with E-state index in [4.69, 9.17) is 4.74 Å². The molecule has 2 aromatic rings. The van der Waals surface area contributed by atoms with Crippen molar-refractivity contribution >= 4 is 23.5 Å². The van der Waals surface area contributed by atoms with Gasteiger partial charge in [-0.2, -0.15) is 5.10 Å². The number of hydrogen-bond donors (Lipinski definition) is 1. The second-order valence-electron chi connectivity index (χ2n) is 4.05. The maximum atomic E-state index is 11.6. The molecule has 1 aromatic carbocycles. The summed E-state index contributed by atoms with van der Waals surface area (Å²) in [5.74, 6) is 0.709. The van der Waals surface area contributed by atoms with E-state index in [2.05, 4.69) is 10.5 Å². The fourth-order valence-corrected chi connectivity index (χ4v) is 2.31. The van der Waals surface area contributed by atoms with Crippen molar-refractivity contribution in [3.05, 3.63) is 52.2 Å². The third kappa shape index (κ3) is 4.51. The van der Waals surface area contributed by atoms with Gasteiger partial charge in [0.25, 0.3) is 0 Å². The first-order chi connectivity index (χ1) is 9.78. The Labute approximate surface area is 122 Å². The van der Waals surface area contributed by atoms with Crippen LogP contribution < -0.4 is 10.2 Å². The molecule has 104 valence electrons. The topological polar surface area (TPSA) is 50.7 Å². The summed E-state index contributed by atoms with van der Waals surface area (Å²) in [5.41, 5.74) is 3.42. The molecule has 5 heteroatoms.